The Morgan fingerprint density at radius 3 is 2.25 bits per heavy atom. The normalized spacial score (nSPS) is 20.3. The van der Waals surface area contributed by atoms with E-state index in [2.05, 4.69) is 22.6 Å². The lowest BCUT2D eigenvalue weighted by Gasteiger charge is -2.35. The van der Waals surface area contributed by atoms with Gasteiger partial charge in [-0.3, -0.25) is 4.31 Å². The lowest BCUT2D eigenvalue weighted by Crippen LogP contribution is -2.41. The molecule has 0 saturated heterocycles. The van der Waals surface area contributed by atoms with Crippen molar-refractivity contribution in [3.8, 4) is 0 Å². The second-order valence-corrected chi connectivity index (χ2v) is 6.93. The molecule has 86 valence electrons. The van der Waals surface area contributed by atoms with E-state index in [1.807, 2.05) is 26.0 Å². The number of hydrogen-bond donors (Lipinski definition) is 0. The van der Waals surface area contributed by atoms with Crippen molar-refractivity contribution in [3.63, 3.8) is 0 Å². The number of aryl methyl sites for hydroxylation is 1. The van der Waals surface area contributed by atoms with Gasteiger partial charge >= 0.3 is 0 Å². The number of rotatable bonds is 2. The monoisotopic (exact) mass is 349 g/mol. The van der Waals surface area contributed by atoms with E-state index in [0.717, 1.165) is 9.14 Å². The number of benzene rings is 1. The van der Waals surface area contributed by atoms with Gasteiger partial charge in [0.1, 0.15) is 0 Å². The Morgan fingerprint density at radius 1 is 1.25 bits per heavy atom. The summed E-state index contributed by atoms with van der Waals surface area (Å²) in [6.07, 6.45) is 1.67. The summed E-state index contributed by atoms with van der Waals surface area (Å²) >= 11 is 2.15. The molecule has 0 amide bonds. The van der Waals surface area contributed by atoms with Crippen molar-refractivity contribution >= 4 is 32.6 Å². The molecule has 1 aliphatic heterocycles. The van der Waals surface area contributed by atoms with Crippen LogP contribution in [0.4, 0.5) is 0 Å². The van der Waals surface area contributed by atoms with Gasteiger partial charge in [-0.2, -0.15) is 0 Å². The molecule has 1 aromatic rings. The Balaban J connectivity index is 2.38. The highest BCUT2D eigenvalue weighted by atomic mass is 127. The topological polar surface area (TPSA) is 37.4 Å². The third-order valence-electron chi connectivity index (χ3n) is 2.63. The van der Waals surface area contributed by atoms with Crippen LogP contribution in [-0.2, 0) is 10.0 Å². The van der Waals surface area contributed by atoms with E-state index in [9.17, 15) is 8.42 Å². The van der Waals surface area contributed by atoms with Crippen molar-refractivity contribution in [2.75, 3.05) is 0 Å². The molecule has 1 aromatic carbocycles. The molecule has 0 N–H and O–H groups in total. The Kier molecular flexibility index (Phi) is 3.00. The van der Waals surface area contributed by atoms with Crippen molar-refractivity contribution in [3.05, 3.63) is 39.6 Å². The number of nitrogens with zero attached hydrogens (tertiary/aromatic N) is 1. The van der Waals surface area contributed by atoms with Crippen molar-refractivity contribution in [2.24, 2.45) is 0 Å². The minimum atomic E-state index is -3.35. The summed E-state index contributed by atoms with van der Waals surface area (Å²) in [6, 6.07) is 6.89. The fraction of sp³-hybridized carbons (Fsp3) is 0.273. The molecule has 0 spiro atoms. The van der Waals surface area contributed by atoms with Gasteiger partial charge in [-0.1, -0.05) is 17.7 Å². The van der Waals surface area contributed by atoms with Gasteiger partial charge in [0.15, 0.2) is 0 Å². The first kappa shape index (κ1) is 11.9. The van der Waals surface area contributed by atoms with Crippen LogP contribution in [0.3, 0.4) is 0 Å². The SMILES string of the molecule is Cc1ccc(S(=O)(=O)N2C=C(I)C2C)cc1. The van der Waals surface area contributed by atoms with Gasteiger partial charge in [0.2, 0.25) is 0 Å². The van der Waals surface area contributed by atoms with Crippen molar-refractivity contribution in [1.82, 2.24) is 4.31 Å². The van der Waals surface area contributed by atoms with Gasteiger partial charge in [0.05, 0.1) is 10.9 Å². The van der Waals surface area contributed by atoms with Crippen molar-refractivity contribution < 1.29 is 8.42 Å². The zero-order valence-corrected chi connectivity index (χ0v) is 12.0. The van der Waals surface area contributed by atoms with Crippen LogP contribution in [0.15, 0.2) is 38.9 Å². The maximum atomic E-state index is 12.2. The average Bonchev–Trinajstić information content (AvgIpc) is 2.25. The first-order valence-electron chi connectivity index (χ1n) is 4.90. The van der Waals surface area contributed by atoms with Crippen LogP contribution in [0.2, 0.25) is 0 Å². The van der Waals surface area contributed by atoms with Crippen molar-refractivity contribution in [1.29, 1.82) is 0 Å². The molecular weight excluding hydrogens is 337 g/mol. The molecule has 2 rings (SSSR count). The maximum Gasteiger partial charge on any atom is 0.264 e. The number of sulfonamides is 1. The van der Waals surface area contributed by atoms with E-state index in [-0.39, 0.29) is 6.04 Å². The molecule has 0 fully saturated rings. The van der Waals surface area contributed by atoms with Gasteiger partial charge in [-0.25, -0.2) is 8.42 Å². The van der Waals surface area contributed by atoms with Crippen LogP contribution < -0.4 is 0 Å². The fourth-order valence-electron chi connectivity index (χ4n) is 1.49. The molecule has 16 heavy (non-hydrogen) atoms. The molecule has 0 aliphatic carbocycles. The Hall–Kier alpha value is -0.560. The van der Waals surface area contributed by atoms with Crippen LogP contribution in [0, 0.1) is 6.92 Å². The Bertz CT molecular complexity index is 534. The average molecular weight is 349 g/mol. The van der Waals surface area contributed by atoms with Crippen LogP contribution in [0.25, 0.3) is 0 Å². The van der Waals surface area contributed by atoms with Crippen LogP contribution in [0.5, 0.6) is 0 Å². The smallest absolute Gasteiger partial charge is 0.264 e. The molecule has 1 atom stereocenters. The summed E-state index contributed by atoms with van der Waals surface area (Å²) in [5, 5.41) is 0. The molecule has 1 unspecified atom stereocenters. The highest BCUT2D eigenvalue weighted by Crippen LogP contribution is 2.33. The van der Waals surface area contributed by atoms with E-state index >= 15 is 0 Å². The lowest BCUT2D eigenvalue weighted by atomic mass is 10.2. The highest BCUT2D eigenvalue weighted by molar-refractivity contribution is 14.1. The molecule has 1 heterocycles. The predicted octanol–water partition coefficient (Wildman–Crippen LogP) is 2.66. The van der Waals surface area contributed by atoms with E-state index in [1.54, 1.807) is 18.3 Å². The number of hydrogen-bond acceptors (Lipinski definition) is 2. The van der Waals surface area contributed by atoms with Crippen LogP contribution >= 0.6 is 22.6 Å². The Labute approximate surface area is 109 Å². The largest absolute Gasteiger partial charge is 0.265 e. The summed E-state index contributed by atoms with van der Waals surface area (Å²) in [5.41, 5.74) is 1.06. The van der Waals surface area contributed by atoms with E-state index in [1.165, 1.54) is 4.31 Å². The molecule has 0 bridgehead atoms. The molecule has 0 saturated carbocycles. The zero-order chi connectivity index (χ0) is 11.9. The second kappa shape index (κ2) is 4.03. The molecule has 5 heteroatoms. The third-order valence-corrected chi connectivity index (χ3v) is 5.65. The van der Waals surface area contributed by atoms with Crippen LogP contribution in [-0.4, -0.2) is 18.8 Å². The van der Waals surface area contributed by atoms with Crippen molar-refractivity contribution in [2.45, 2.75) is 24.8 Å². The molecule has 0 aromatic heterocycles. The van der Waals surface area contributed by atoms with Crippen LogP contribution in [0.1, 0.15) is 12.5 Å². The van der Waals surface area contributed by atoms with Gasteiger partial charge < -0.3 is 0 Å². The number of halogens is 1. The van der Waals surface area contributed by atoms with E-state index in [0.29, 0.717) is 4.90 Å². The minimum absolute atomic E-state index is 0.0353. The third kappa shape index (κ3) is 1.86. The molecular formula is C11H12INO2S. The lowest BCUT2D eigenvalue weighted by molar-refractivity contribution is 0.425. The summed E-state index contributed by atoms with van der Waals surface area (Å²) in [4.78, 5) is 0.352. The highest BCUT2D eigenvalue weighted by Gasteiger charge is 2.34. The quantitative estimate of drug-likeness (QED) is 0.770. The summed E-state index contributed by atoms with van der Waals surface area (Å²) in [6.45, 7) is 3.82. The van der Waals surface area contributed by atoms with Gasteiger partial charge in [0.25, 0.3) is 10.0 Å². The first-order chi connectivity index (χ1) is 7.43. The molecule has 3 nitrogen and oxygen atoms in total. The predicted molar refractivity (Wildman–Crippen MR) is 71.8 cm³/mol. The second-order valence-electron chi connectivity index (χ2n) is 3.84. The summed E-state index contributed by atoms with van der Waals surface area (Å²) in [5.74, 6) is 0. The summed E-state index contributed by atoms with van der Waals surface area (Å²) in [7, 11) is -3.35. The fourth-order valence-corrected chi connectivity index (χ4v) is 3.97. The maximum absolute atomic E-state index is 12.2. The standard InChI is InChI=1S/C11H12INO2S/c1-8-3-5-10(6-4-8)16(14,15)13-7-11(12)9(13)2/h3-7,9H,1-2H3. The molecule has 1 aliphatic rings. The molecule has 0 radical (unpaired) electrons. The van der Waals surface area contributed by atoms with Gasteiger partial charge in [-0.15, -0.1) is 0 Å². The zero-order valence-electron chi connectivity index (χ0n) is 9.01. The van der Waals surface area contributed by atoms with E-state index < -0.39 is 10.0 Å². The van der Waals surface area contributed by atoms with Gasteiger partial charge in [-0.05, 0) is 48.6 Å². The summed E-state index contributed by atoms with van der Waals surface area (Å²) < 4.78 is 26.8. The van der Waals surface area contributed by atoms with E-state index in [4.69, 9.17) is 0 Å². The Morgan fingerprint density at radius 2 is 1.81 bits per heavy atom. The minimum Gasteiger partial charge on any atom is -0.265 e. The first-order valence-corrected chi connectivity index (χ1v) is 7.42. The van der Waals surface area contributed by atoms with Gasteiger partial charge in [0, 0.05) is 9.78 Å².